The standard InChI is InChI=1S/C8H13N5O4/c1-17-4-5(14)2-10-7-6(13(15)16)3-11-8(9)12-7/h3,5,14H,2,4H2,1H3,(H3,9,10,11,12). The van der Waals surface area contributed by atoms with Crippen LogP contribution in [0.5, 0.6) is 0 Å². The maximum Gasteiger partial charge on any atom is 0.329 e. The van der Waals surface area contributed by atoms with Gasteiger partial charge in [-0.2, -0.15) is 4.98 Å². The predicted octanol–water partition coefficient (Wildman–Crippen LogP) is -0.614. The number of nitrogens with zero attached hydrogens (tertiary/aromatic N) is 3. The van der Waals surface area contributed by atoms with E-state index in [1.165, 1.54) is 7.11 Å². The quantitative estimate of drug-likeness (QED) is 0.444. The minimum absolute atomic E-state index is 0.0300. The fourth-order valence-electron chi connectivity index (χ4n) is 1.12. The van der Waals surface area contributed by atoms with E-state index in [-0.39, 0.29) is 30.6 Å². The van der Waals surface area contributed by atoms with Gasteiger partial charge in [0.25, 0.3) is 0 Å². The normalized spacial score (nSPS) is 12.1. The van der Waals surface area contributed by atoms with Crippen molar-refractivity contribution in [3.8, 4) is 0 Å². The van der Waals surface area contributed by atoms with Gasteiger partial charge in [0.05, 0.1) is 17.6 Å². The lowest BCUT2D eigenvalue weighted by atomic mass is 10.3. The molecule has 0 fully saturated rings. The number of aliphatic hydroxyl groups is 1. The van der Waals surface area contributed by atoms with Crippen LogP contribution in [0.3, 0.4) is 0 Å². The second kappa shape index (κ2) is 5.92. The molecule has 0 radical (unpaired) electrons. The molecular formula is C8H13N5O4. The van der Waals surface area contributed by atoms with Gasteiger partial charge in [-0.05, 0) is 0 Å². The second-order valence-corrected chi connectivity index (χ2v) is 3.21. The lowest BCUT2D eigenvalue weighted by Gasteiger charge is -2.11. The fourth-order valence-corrected chi connectivity index (χ4v) is 1.12. The smallest absolute Gasteiger partial charge is 0.329 e. The third-order valence-corrected chi connectivity index (χ3v) is 1.85. The van der Waals surface area contributed by atoms with E-state index in [1.54, 1.807) is 0 Å². The Labute approximate surface area is 96.8 Å². The van der Waals surface area contributed by atoms with Crippen LogP contribution >= 0.6 is 0 Å². The van der Waals surface area contributed by atoms with E-state index in [0.29, 0.717) is 0 Å². The highest BCUT2D eigenvalue weighted by atomic mass is 16.6. The number of nitrogen functional groups attached to an aromatic ring is 1. The SMILES string of the molecule is COCC(O)CNc1nc(N)ncc1[N+](=O)[O-]. The first-order valence-corrected chi connectivity index (χ1v) is 4.72. The van der Waals surface area contributed by atoms with Crippen molar-refractivity contribution < 1.29 is 14.8 Å². The van der Waals surface area contributed by atoms with Crippen molar-refractivity contribution in [2.24, 2.45) is 0 Å². The minimum Gasteiger partial charge on any atom is -0.389 e. The monoisotopic (exact) mass is 243 g/mol. The lowest BCUT2D eigenvalue weighted by molar-refractivity contribution is -0.384. The van der Waals surface area contributed by atoms with E-state index in [2.05, 4.69) is 15.3 Å². The van der Waals surface area contributed by atoms with E-state index >= 15 is 0 Å². The number of aliphatic hydroxyl groups excluding tert-OH is 1. The van der Waals surface area contributed by atoms with Gasteiger partial charge in [-0.3, -0.25) is 10.1 Å². The molecule has 0 amide bonds. The molecule has 0 bridgehead atoms. The molecular weight excluding hydrogens is 230 g/mol. The Balaban J connectivity index is 2.75. The summed E-state index contributed by atoms with van der Waals surface area (Å²) < 4.78 is 4.71. The summed E-state index contributed by atoms with van der Waals surface area (Å²) in [6, 6.07) is 0. The third kappa shape index (κ3) is 3.81. The van der Waals surface area contributed by atoms with Crippen molar-refractivity contribution in [1.29, 1.82) is 0 Å². The van der Waals surface area contributed by atoms with Gasteiger partial charge < -0.3 is 20.9 Å². The fraction of sp³-hybridized carbons (Fsp3) is 0.500. The van der Waals surface area contributed by atoms with E-state index in [1.807, 2.05) is 0 Å². The number of hydrogen-bond acceptors (Lipinski definition) is 8. The van der Waals surface area contributed by atoms with E-state index in [9.17, 15) is 15.2 Å². The molecule has 0 aliphatic heterocycles. The van der Waals surface area contributed by atoms with Crippen LogP contribution in [0, 0.1) is 10.1 Å². The zero-order valence-corrected chi connectivity index (χ0v) is 9.16. The highest BCUT2D eigenvalue weighted by molar-refractivity contribution is 5.56. The summed E-state index contributed by atoms with van der Waals surface area (Å²) in [6.07, 6.45) is 0.212. The van der Waals surface area contributed by atoms with Crippen LogP contribution in [-0.4, -0.2) is 46.4 Å². The molecule has 94 valence electrons. The number of ether oxygens (including phenoxy) is 1. The minimum atomic E-state index is -0.796. The number of nitrogens with one attached hydrogen (secondary N) is 1. The summed E-state index contributed by atoms with van der Waals surface area (Å²) in [7, 11) is 1.44. The van der Waals surface area contributed by atoms with Crippen molar-refractivity contribution >= 4 is 17.5 Å². The third-order valence-electron chi connectivity index (χ3n) is 1.85. The highest BCUT2D eigenvalue weighted by Crippen LogP contribution is 2.20. The first-order chi connectivity index (χ1) is 8.04. The van der Waals surface area contributed by atoms with Crippen LogP contribution in [0.4, 0.5) is 17.5 Å². The number of aromatic nitrogens is 2. The van der Waals surface area contributed by atoms with Crippen LogP contribution in [-0.2, 0) is 4.74 Å². The molecule has 1 heterocycles. The largest absolute Gasteiger partial charge is 0.389 e. The van der Waals surface area contributed by atoms with Gasteiger partial charge in [-0.1, -0.05) is 0 Å². The van der Waals surface area contributed by atoms with Gasteiger partial charge in [0.1, 0.15) is 6.20 Å². The highest BCUT2D eigenvalue weighted by Gasteiger charge is 2.17. The summed E-state index contributed by atoms with van der Waals surface area (Å²) in [6.45, 7) is 0.173. The predicted molar refractivity (Wildman–Crippen MR) is 59.5 cm³/mol. The van der Waals surface area contributed by atoms with E-state index in [0.717, 1.165) is 6.20 Å². The molecule has 9 nitrogen and oxygen atoms in total. The Morgan fingerprint density at radius 3 is 3.06 bits per heavy atom. The molecule has 0 saturated carbocycles. The summed E-state index contributed by atoms with van der Waals surface area (Å²) in [5.41, 5.74) is 5.02. The maximum atomic E-state index is 10.7. The number of nitrogens with two attached hydrogens (primary N) is 1. The molecule has 0 aliphatic carbocycles. The molecule has 0 saturated heterocycles. The number of anilines is 2. The second-order valence-electron chi connectivity index (χ2n) is 3.21. The molecule has 1 unspecified atom stereocenters. The molecule has 0 aromatic carbocycles. The van der Waals surface area contributed by atoms with Crippen LogP contribution in [0.2, 0.25) is 0 Å². The van der Waals surface area contributed by atoms with Gasteiger partial charge in [0.2, 0.25) is 11.8 Å². The van der Waals surface area contributed by atoms with E-state index in [4.69, 9.17) is 10.5 Å². The molecule has 1 aromatic rings. The Kier molecular flexibility index (Phi) is 4.55. The zero-order chi connectivity index (χ0) is 12.8. The molecule has 1 aromatic heterocycles. The first kappa shape index (κ1) is 13.1. The van der Waals surface area contributed by atoms with E-state index < -0.39 is 11.0 Å². The Morgan fingerprint density at radius 2 is 2.47 bits per heavy atom. The van der Waals surface area contributed by atoms with Gasteiger partial charge >= 0.3 is 5.69 Å². The number of hydrogen-bond donors (Lipinski definition) is 3. The average Bonchev–Trinajstić information content (AvgIpc) is 2.26. The summed E-state index contributed by atoms with van der Waals surface area (Å²) in [5.74, 6) is -0.114. The van der Waals surface area contributed by atoms with Crippen LogP contribution < -0.4 is 11.1 Å². The van der Waals surface area contributed by atoms with Gasteiger partial charge in [-0.25, -0.2) is 4.98 Å². The molecule has 0 spiro atoms. The van der Waals surface area contributed by atoms with Gasteiger partial charge in [0.15, 0.2) is 0 Å². The number of nitro groups is 1. The number of methoxy groups -OCH3 is 1. The molecule has 0 aliphatic rings. The Bertz CT molecular complexity index is 400. The lowest BCUT2D eigenvalue weighted by Crippen LogP contribution is -2.25. The first-order valence-electron chi connectivity index (χ1n) is 4.72. The summed E-state index contributed by atoms with van der Waals surface area (Å²) in [4.78, 5) is 17.2. The Morgan fingerprint density at radius 1 is 1.76 bits per heavy atom. The number of rotatable bonds is 6. The van der Waals surface area contributed by atoms with Crippen molar-refractivity contribution in [3.05, 3.63) is 16.3 Å². The maximum absolute atomic E-state index is 10.7. The molecule has 4 N–H and O–H groups in total. The van der Waals surface area contributed by atoms with Crippen molar-refractivity contribution in [3.63, 3.8) is 0 Å². The average molecular weight is 243 g/mol. The van der Waals surface area contributed by atoms with Crippen molar-refractivity contribution in [2.75, 3.05) is 31.3 Å². The molecule has 1 rings (SSSR count). The topological polar surface area (TPSA) is 136 Å². The van der Waals surface area contributed by atoms with Gasteiger partial charge in [0, 0.05) is 13.7 Å². The zero-order valence-electron chi connectivity index (χ0n) is 9.16. The Hall–Kier alpha value is -2.00. The van der Waals surface area contributed by atoms with Crippen molar-refractivity contribution in [1.82, 2.24) is 9.97 Å². The molecule has 17 heavy (non-hydrogen) atoms. The summed E-state index contributed by atoms with van der Waals surface area (Å²) in [5, 5.41) is 22.7. The van der Waals surface area contributed by atoms with Crippen LogP contribution in [0.1, 0.15) is 0 Å². The van der Waals surface area contributed by atoms with Gasteiger partial charge in [-0.15, -0.1) is 0 Å². The molecule has 1 atom stereocenters. The summed E-state index contributed by atoms with van der Waals surface area (Å²) >= 11 is 0. The van der Waals surface area contributed by atoms with Crippen molar-refractivity contribution in [2.45, 2.75) is 6.10 Å². The van der Waals surface area contributed by atoms with Crippen LogP contribution in [0.25, 0.3) is 0 Å². The molecule has 9 heteroatoms. The van der Waals surface area contributed by atoms with Crippen LogP contribution in [0.15, 0.2) is 6.20 Å².